The van der Waals surface area contributed by atoms with E-state index in [2.05, 4.69) is 282 Å². The summed E-state index contributed by atoms with van der Waals surface area (Å²) in [6.07, 6.45) is 0. The van der Waals surface area contributed by atoms with E-state index in [1.807, 2.05) is 6.07 Å². The molecule has 0 bridgehead atoms. The zero-order valence-electron chi connectivity index (χ0n) is 40.4. The van der Waals surface area contributed by atoms with Gasteiger partial charge < -0.3 is 13.9 Å². The smallest absolute Gasteiger partial charge is 0.159 e. The van der Waals surface area contributed by atoms with Crippen LogP contribution < -0.4 is 4.90 Å². The Morgan fingerprint density at radius 3 is 1.73 bits per heavy atom. The highest BCUT2D eigenvalue weighted by atomic mass is 16.3. The number of furan rings is 1. The van der Waals surface area contributed by atoms with Crippen LogP contribution in [0.2, 0.25) is 0 Å². The van der Waals surface area contributed by atoms with Crippen LogP contribution in [0.15, 0.2) is 283 Å². The van der Waals surface area contributed by atoms with Gasteiger partial charge in [-0.2, -0.15) is 0 Å². The third-order valence-corrected chi connectivity index (χ3v) is 15.6. The van der Waals surface area contributed by atoms with Gasteiger partial charge in [-0.25, -0.2) is 0 Å². The van der Waals surface area contributed by atoms with Crippen LogP contribution in [-0.4, -0.2) is 4.57 Å². The van der Waals surface area contributed by atoms with Crippen molar-refractivity contribution >= 4 is 71.6 Å². The fraction of sp³-hybridized carbons (Fsp3) is 0.0141. The van der Waals surface area contributed by atoms with E-state index in [0.29, 0.717) is 0 Å². The molecule has 2 aromatic heterocycles. The van der Waals surface area contributed by atoms with Gasteiger partial charge in [0.15, 0.2) is 5.58 Å². The molecule has 0 spiro atoms. The maximum Gasteiger partial charge on any atom is 0.159 e. The van der Waals surface area contributed by atoms with E-state index in [0.717, 1.165) is 78.0 Å². The third kappa shape index (κ3) is 6.40. The molecule has 0 atom stereocenters. The summed E-state index contributed by atoms with van der Waals surface area (Å²) in [5.41, 5.74) is 20.1. The number of hydrogen-bond donors (Lipinski definition) is 0. The van der Waals surface area contributed by atoms with Crippen molar-refractivity contribution in [3.63, 3.8) is 0 Å². The normalized spacial score (nSPS) is 12.7. The Balaban J connectivity index is 0.848. The van der Waals surface area contributed by atoms with Crippen molar-refractivity contribution in [3.05, 3.63) is 301 Å². The van der Waals surface area contributed by atoms with Gasteiger partial charge in [0.2, 0.25) is 0 Å². The van der Waals surface area contributed by atoms with Crippen molar-refractivity contribution in [2.24, 2.45) is 0 Å². The molecule has 0 amide bonds. The molecule has 0 unspecified atom stereocenters. The van der Waals surface area contributed by atoms with E-state index in [1.54, 1.807) is 0 Å². The average molecular weight is 943 g/mol. The molecule has 2 heterocycles. The summed E-state index contributed by atoms with van der Waals surface area (Å²) < 4.78 is 9.00. The van der Waals surface area contributed by atoms with Crippen LogP contribution in [0.25, 0.3) is 93.6 Å². The quantitative estimate of drug-likeness (QED) is 0.151. The number of nitrogens with zero attached hydrogens (tertiary/aromatic N) is 2. The summed E-state index contributed by atoms with van der Waals surface area (Å²) in [6.45, 7) is 0. The van der Waals surface area contributed by atoms with Crippen molar-refractivity contribution in [3.8, 4) is 39.1 Å². The number of aromatic nitrogens is 1. The van der Waals surface area contributed by atoms with Crippen LogP contribution in [0.3, 0.4) is 0 Å². The van der Waals surface area contributed by atoms with E-state index in [1.165, 1.54) is 54.9 Å². The summed E-state index contributed by atoms with van der Waals surface area (Å²) in [5.74, 6) is 0. The average Bonchev–Trinajstić information content (AvgIpc) is 4.12. The second-order valence-electron chi connectivity index (χ2n) is 19.6. The molecule has 0 radical (unpaired) electrons. The van der Waals surface area contributed by atoms with Gasteiger partial charge in [-0.1, -0.05) is 212 Å². The van der Waals surface area contributed by atoms with Crippen LogP contribution in [0.1, 0.15) is 22.3 Å². The predicted octanol–water partition coefficient (Wildman–Crippen LogP) is 19.0. The van der Waals surface area contributed by atoms with Gasteiger partial charge >= 0.3 is 0 Å². The summed E-state index contributed by atoms with van der Waals surface area (Å²) in [4.78, 5) is 2.43. The Hall–Kier alpha value is -9.70. The fourth-order valence-electron chi connectivity index (χ4n) is 12.3. The first-order valence-corrected chi connectivity index (χ1v) is 25.5. The van der Waals surface area contributed by atoms with Crippen LogP contribution in [0, 0.1) is 0 Å². The minimum Gasteiger partial charge on any atom is -0.454 e. The number of benzene rings is 12. The number of anilines is 3. The molecule has 14 aromatic rings. The first-order valence-electron chi connectivity index (χ1n) is 25.5. The van der Waals surface area contributed by atoms with Gasteiger partial charge in [0.05, 0.1) is 22.1 Å². The third-order valence-electron chi connectivity index (χ3n) is 15.6. The van der Waals surface area contributed by atoms with Crippen LogP contribution >= 0.6 is 0 Å². The maximum absolute atomic E-state index is 6.62. The lowest BCUT2D eigenvalue weighted by Gasteiger charge is -2.35. The molecule has 3 nitrogen and oxygen atoms in total. The number of fused-ring (bicyclic) bond motifs is 10. The van der Waals surface area contributed by atoms with Crippen LogP contribution in [0.5, 0.6) is 0 Å². The second kappa shape index (κ2) is 16.7. The first kappa shape index (κ1) is 42.0. The van der Waals surface area contributed by atoms with Crippen molar-refractivity contribution in [2.75, 3.05) is 4.90 Å². The van der Waals surface area contributed by atoms with Gasteiger partial charge in [0.25, 0.3) is 0 Å². The molecule has 74 heavy (non-hydrogen) atoms. The second-order valence-corrected chi connectivity index (χ2v) is 19.6. The Labute approximate surface area is 429 Å². The highest BCUT2D eigenvalue weighted by Crippen LogP contribution is 2.57. The lowest BCUT2D eigenvalue weighted by Crippen LogP contribution is -2.28. The molecule has 0 aliphatic heterocycles. The Kier molecular flexibility index (Phi) is 9.48. The summed E-state index contributed by atoms with van der Waals surface area (Å²) >= 11 is 0. The summed E-state index contributed by atoms with van der Waals surface area (Å²) in [7, 11) is 0. The Bertz CT molecular complexity index is 4450. The molecule has 0 fully saturated rings. The van der Waals surface area contributed by atoms with Crippen molar-refractivity contribution in [2.45, 2.75) is 5.41 Å². The predicted molar refractivity (Wildman–Crippen MR) is 308 cm³/mol. The number of hydrogen-bond acceptors (Lipinski definition) is 2. The standard InChI is InChI=1S/C71H46N2O/c1-3-21-53(22-4-1)71(54-23-5-2-6-24-54)64-29-12-9-25-58(64)59-42-40-57(46-65(59)71)72(56-39-35-47-17-7-8-18-51(47)44-56)55-37-33-48(34-38-55)49-19-15-20-50(43-49)52-36-41-61-60-26-10-13-30-66(60)73(68(61)45-52)67-31-16-28-63-62-27-11-14-32-69(62)74-70(63)67/h1-46H. The topological polar surface area (TPSA) is 21.3 Å². The molecule has 12 aromatic carbocycles. The molecule has 1 aliphatic rings. The van der Waals surface area contributed by atoms with E-state index in [4.69, 9.17) is 4.42 Å². The van der Waals surface area contributed by atoms with Crippen LogP contribution in [-0.2, 0) is 5.41 Å². The molecule has 15 rings (SSSR count). The van der Waals surface area contributed by atoms with Crippen molar-refractivity contribution in [1.82, 2.24) is 4.57 Å². The monoisotopic (exact) mass is 942 g/mol. The van der Waals surface area contributed by atoms with E-state index < -0.39 is 5.41 Å². The zero-order chi connectivity index (χ0) is 48.7. The van der Waals surface area contributed by atoms with Gasteiger partial charge in [-0.15, -0.1) is 0 Å². The lowest BCUT2D eigenvalue weighted by atomic mass is 9.67. The van der Waals surface area contributed by atoms with Gasteiger partial charge in [0, 0.05) is 38.6 Å². The molecule has 346 valence electrons. The number of para-hydroxylation sites is 3. The molecule has 0 N–H and O–H groups in total. The Morgan fingerprint density at radius 1 is 0.324 bits per heavy atom. The molecular weight excluding hydrogens is 897 g/mol. The van der Waals surface area contributed by atoms with Gasteiger partial charge in [-0.3, -0.25) is 0 Å². The minimum atomic E-state index is -0.516. The highest BCUT2D eigenvalue weighted by Gasteiger charge is 2.46. The molecule has 1 aliphatic carbocycles. The van der Waals surface area contributed by atoms with E-state index >= 15 is 0 Å². The summed E-state index contributed by atoms with van der Waals surface area (Å²) in [6, 6.07) is 102. The Morgan fingerprint density at radius 2 is 0.905 bits per heavy atom. The lowest BCUT2D eigenvalue weighted by molar-refractivity contribution is 0.666. The zero-order valence-corrected chi connectivity index (χ0v) is 40.4. The van der Waals surface area contributed by atoms with Crippen molar-refractivity contribution < 1.29 is 4.42 Å². The highest BCUT2D eigenvalue weighted by molar-refractivity contribution is 6.13. The molecular formula is C71H46N2O. The van der Waals surface area contributed by atoms with E-state index in [-0.39, 0.29) is 0 Å². The van der Waals surface area contributed by atoms with E-state index in [9.17, 15) is 0 Å². The van der Waals surface area contributed by atoms with Gasteiger partial charge in [-0.05, 0) is 133 Å². The first-order chi connectivity index (χ1) is 36.7. The van der Waals surface area contributed by atoms with Crippen molar-refractivity contribution in [1.29, 1.82) is 0 Å². The number of rotatable bonds is 8. The van der Waals surface area contributed by atoms with Crippen LogP contribution in [0.4, 0.5) is 17.1 Å². The summed E-state index contributed by atoms with van der Waals surface area (Å²) in [5, 5.41) is 7.08. The largest absolute Gasteiger partial charge is 0.454 e. The minimum absolute atomic E-state index is 0.516. The molecule has 0 saturated heterocycles. The molecule has 3 heteroatoms. The molecule has 0 saturated carbocycles. The fourth-order valence-corrected chi connectivity index (χ4v) is 12.3. The van der Waals surface area contributed by atoms with Gasteiger partial charge in [0.1, 0.15) is 5.58 Å². The SMILES string of the molecule is c1ccc(C2(c3ccccc3)c3ccccc3-c3ccc(N(c4ccc(-c5cccc(-c6ccc7c8ccccc8n(-c8cccc9c8oc8ccccc89)c7c6)c5)cc4)c4ccc5ccccc5c4)cc32)cc1. The maximum atomic E-state index is 6.62.